The molecule has 2 aromatic rings. The van der Waals surface area contributed by atoms with Gasteiger partial charge in [-0.1, -0.05) is 0 Å². The van der Waals surface area contributed by atoms with Crippen molar-refractivity contribution < 1.29 is 13.6 Å². The van der Waals surface area contributed by atoms with E-state index >= 15 is 0 Å². The van der Waals surface area contributed by atoms with Gasteiger partial charge in [-0.25, -0.2) is 4.39 Å². The summed E-state index contributed by atoms with van der Waals surface area (Å²) >= 11 is 3.26. The molecule has 0 N–H and O–H groups in total. The highest BCUT2D eigenvalue weighted by molar-refractivity contribution is 9.10. The smallest absolute Gasteiger partial charge is 0.255 e. The zero-order valence-electron chi connectivity index (χ0n) is 11.6. The number of amides is 1. The number of carbonyl (C=O) groups is 1. The Morgan fingerprint density at radius 2 is 2.14 bits per heavy atom. The van der Waals surface area contributed by atoms with Gasteiger partial charge in [0.1, 0.15) is 17.3 Å². The van der Waals surface area contributed by atoms with Crippen molar-refractivity contribution in [2.24, 2.45) is 0 Å². The number of hydrogen-bond acceptors (Lipinski definition) is 2. The minimum Gasteiger partial charge on any atom is -0.464 e. The van der Waals surface area contributed by atoms with Crippen LogP contribution in [0, 0.1) is 12.7 Å². The molecule has 21 heavy (non-hydrogen) atoms. The third kappa shape index (κ3) is 3.18. The number of nitrogens with zero attached hydrogens (tertiary/aromatic N) is 1. The number of halogens is 2. The van der Waals surface area contributed by atoms with E-state index in [4.69, 9.17) is 4.42 Å². The van der Waals surface area contributed by atoms with Crippen LogP contribution in [0.15, 0.2) is 39.2 Å². The molecule has 0 saturated heterocycles. The highest BCUT2D eigenvalue weighted by atomic mass is 79.9. The molecule has 0 spiro atoms. The molecule has 1 aliphatic carbocycles. The summed E-state index contributed by atoms with van der Waals surface area (Å²) in [5, 5.41) is 0. The standard InChI is InChI=1S/C16H15BrFNO2/c1-10-2-6-13(21-10)9-19(12-4-5-12)16(20)14-7-3-11(18)8-15(14)17/h2-3,6-8,12H,4-5,9H2,1H3. The molecule has 0 radical (unpaired) electrons. The van der Waals surface area contributed by atoms with Crippen LogP contribution < -0.4 is 0 Å². The van der Waals surface area contributed by atoms with Crippen molar-refractivity contribution in [1.82, 2.24) is 4.90 Å². The number of rotatable bonds is 4. The number of benzene rings is 1. The highest BCUT2D eigenvalue weighted by Gasteiger charge is 2.34. The molecule has 1 aromatic heterocycles. The lowest BCUT2D eigenvalue weighted by molar-refractivity contribution is 0.0716. The zero-order valence-corrected chi connectivity index (χ0v) is 13.2. The second-order valence-electron chi connectivity index (χ2n) is 5.30. The lowest BCUT2D eigenvalue weighted by atomic mass is 10.2. The van der Waals surface area contributed by atoms with Gasteiger partial charge in [0.2, 0.25) is 0 Å². The maximum absolute atomic E-state index is 13.2. The van der Waals surface area contributed by atoms with Crippen LogP contribution in [0.4, 0.5) is 4.39 Å². The molecule has 5 heteroatoms. The topological polar surface area (TPSA) is 33.5 Å². The normalized spacial score (nSPS) is 14.2. The SMILES string of the molecule is Cc1ccc(CN(C(=O)c2ccc(F)cc2Br)C2CC2)o1. The largest absolute Gasteiger partial charge is 0.464 e. The van der Waals surface area contributed by atoms with Crippen molar-refractivity contribution in [2.75, 3.05) is 0 Å². The number of aryl methyl sites for hydroxylation is 1. The average molecular weight is 352 g/mol. The first-order chi connectivity index (χ1) is 10.0. The van der Waals surface area contributed by atoms with Gasteiger partial charge in [0, 0.05) is 10.5 Å². The predicted molar refractivity (Wildman–Crippen MR) is 80.4 cm³/mol. The Balaban J connectivity index is 1.85. The highest BCUT2D eigenvalue weighted by Crippen LogP contribution is 2.31. The van der Waals surface area contributed by atoms with Crippen LogP contribution in [0.3, 0.4) is 0 Å². The van der Waals surface area contributed by atoms with Gasteiger partial charge in [-0.05, 0) is 66.0 Å². The molecule has 1 fully saturated rings. The van der Waals surface area contributed by atoms with Gasteiger partial charge >= 0.3 is 0 Å². The Hall–Kier alpha value is -1.62. The lowest BCUT2D eigenvalue weighted by Crippen LogP contribution is -2.32. The van der Waals surface area contributed by atoms with E-state index in [9.17, 15) is 9.18 Å². The number of hydrogen-bond donors (Lipinski definition) is 0. The van der Waals surface area contributed by atoms with E-state index in [0.29, 0.717) is 16.6 Å². The first-order valence-electron chi connectivity index (χ1n) is 6.86. The maximum Gasteiger partial charge on any atom is 0.255 e. The first-order valence-corrected chi connectivity index (χ1v) is 7.65. The minimum absolute atomic E-state index is 0.0987. The zero-order chi connectivity index (χ0) is 15.0. The van der Waals surface area contributed by atoms with E-state index in [0.717, 1.165) is 24.4 Å². The Kier molecular flexibility index (Phi) is 3.85. The van der Waals surface area contributed by atoms with Gasteiger partial charge in [0.05, 0.1) is 12.1 Å². The number of furan rings is 1. The van der Waals surface area contributed by atoms with Crippen molar-refractivity contribution >= 4 is 21.8 Å². The molecule has 0 bridgehead atoms. The molecule has 1 amide bonds. The van der Waals surface area contributed by atoms with Crippen molar-refractivity contribution in [1.29, 1.82) is 0 Å². The van der Waals surface area contributed by atoms with Gasteiger partial charge in [-0.15, -0.1) is 0 Å². The fourth-order valence-corrected chi connectivity index (χ4v) is 2.83. The Morgan fingerprint density at radius 1 is 1.38 bits per heavy atom. The van der Waals surface area contributed by atoms with Gasteiger partial charge in [0.25, 0.3) is 5.91 Å². The van der Waals surface area contributed by atoms with Crippen LogP contribution >= 0.6 is 15.9 Å². The Labute approximate surface area is 130 Å². The molecule has 1 saturated carbocycles. The summed E-state index contributed by atoms with van der Waals surface area (Å²) in [6.07, 6.45) is 2.01. The van der Waals surface area contributed by atoms with Crippen LogP contribution in [0.5, 0.6) is 0 Å². The third-order valence-corrected chi connectivity index (χ3v) is 4.19. The molecule has 3 rings (SSSR count). The van der Waals surface area contributed by atoms with Crippen LogP contribution in [-0.4, -0.2) is 16.8 Å². The molecular formula is C16H15BrFNO2. The first kappa shape index (κ1) is 14.3. The summed E-state index contributed by atoms with van der Waals surface area (Å²) in [5.41, 5.74) is 0.478. The van der Waals surface area contributed by atoms with Gasteiger partial charge in [-0.3, -0.25) is 4.79 Å². The van der Waals surface area contributed by atoms with Gasteiger partial charge in [0.15, 0.2) is 0 Å². The monoisotopic (exact) mass is 351 g/mol. The molecule has 1 aromatic carbocycles. The van der Waals surface area contributed by atoms with E-state index < -0.39 is 0 Å². The van der Waals surface area contributed by atoms with Crippen LogP contribution in [0.1, 0.15) is 34.7 Å². The summed E-state index contributed by atoms with van der Waals surface area (Å²) in [7, 11) is 0. The molecule has 0 unspecified atom stereocenters. The summed E-state index contributed by atoms with van der Waals surface area (Å²) in [5.74, 6) is 1.14. The Morgan fingerprint density at radius 3 is 2.71 bits per heavy atom. The van der Waals surface area contributed by atoms with Gasteiger partial charge < -0.3 is 9.32 Å². The quantitative estimate of drug-likeness (QED) is 0.822. The molecule has 1 aliphatic rings. The third-order valence-electron chi connectivity index (χ3n) is 3.53. The number of carbonyl (C=O) groups excluding carboxylic acids is 1. The van der Waals surface area contributed by atoms with Crippen molar-refractivity contribution in [3.63, 3.8) is 0 Å². The van der Waals surface area contributed by atoms with Crippen molar-refractivity contribution in [3.05, 3.63) is 57.7 Å². The van der Waals surface area contributed by atoms with Crippen LogP contribution in [-0.2, 0) is 6.54 Å². The maximum atomic E-state index is 13.2. The van der Waals surface area contributed by atoms with E-state index in [1.807, 2.05) is 19.1 Å². The average Bonchev–Trinajstić information content (AvgIpc) is 3.19. The molecule has 3 nitrogen and oxygen atoms in total. The Bertz CT molecular complexity index is 679. The van der Waals surface area contributed by atoms with Crippen LogP contribution in [0.25, 0.3) is 0 Å². The second-order valence-corrected chi connectivity index (χ2v) is 6.16. The van der Waals surface area contributed by atoms with Crippen molar-refractivity contribution in [3.8, 4) is 0 Å². The summed E-state index contributed by atoms with van der Waals surface area (Å²) in [6, 6.07) is 8.16. The molecule has 0 atom stereocenters. The predicted octanol–water partition coefficient (Wildman–Crippen LogP) is 4.29. The molecule has 110 valence electrons. The van der Waals surface area contributed by atoms with E-state index in [1.54, 1.807) is 4.90 Å². The van der Waals surface area contributed by atoms with Crippen molar-refractivity contribution in [2.45, 2.75) is 32.4 Å². The molecular weight excluding hydrogens is 337 g/mol. The molecule has 0 aliphatic heterocycles. The summed E-state index contributed by atoms with van der Waals surface area (Å²) in [6.45, 7) is 2.32. The van der Waals surface area contributed by atoms with E-state index in [2.05, 4.69) is 15.9 Å². The van der Waals surface area contributed by atoms with E-state index in [1.165, 1.54) is 18.2 Å². The molecule has 1 heterocycles. The lowest BCUT2D eigenvalue weighted by Gasteiger charge is -2.22. The fourth-order valence-electron chi connectivity index (χ4n) is 2.31. The van der Waals surface area contributed by atoms with Crippen LogP contribution in [0.2, 0.25) is 0 Å². The summed E-state index contributed by atoms with van der Waals surface area (Å²) < 4.78 is 19.2. The minimum atomic E-state index is -0.363. The van der Waals surface area contributed by atoms with Gasteiger partial charge in [-0.2, -0.15) is 0 Å². The second kappa shape index (κ2) is 5.64. The summed E-state index contributed by atoms with van der Waals surface area (Å²) in [4.78, 5) is 14.5. The fraction of sp³-hybridized carbons (Fsp3) is 0.312. The van der Waals surface area contributed by atoms with E-state index in [-0.39, 0.29) is 17.8 Å².